The third-order valence-corrected chi connectivity index (χ3v) is 3.88. The first-order valence-corrected chi connectivity index (χ1v) is 8.11. The van der Waals surface area contributed by atoms with Crippen LogP contribution in [0.3, 0.4) is 0 Å². The van der Waals surface area contributed by atoms with E-state index in [0.29, 0.717) is 10.3 Å². The molecule has 0 unspecified atom stereocenters. The highest BCUT2D eigenvalue weighted by molar-refractivity contribution is 6.02. The van der Waals surface area contributed by atoms with Gasteiger partial charge in [-0.05, 0) is 31.2 Å². The molecule has 3 rings (SSSR count). The normalized spacial score (nSPS) is 11.4. The number of hydrogen-bond acceptors (Lipinski definition) is 3. The van der Waals surface area contributed by atoms with Crippen molar-refractivity contribution in [2.24, 2.45) is 0 Å². The van der Waals surface area contributed by atoms with Crippen molar-refractivity contribution in [2.45, 2.75) is 19.6 Å². The maximum Gasteiger partial charge on any atom is 0.406 e. The zero-order valence-electron chi connectivity index (χ0n) is 14.6. The van der Waals surface area contributed by atoms with Crippen molar-refractivity contribution in [1.29, 1.82) is 0 Å². The van der Waals surface area contributed by atoms with Crippen molar-refractivity contribution >= 4 is 11.6 Å². The first-order chi connectivity index (χ1) is 13.1. The van der Waals surface area contributed by atoms with E-state index in [1.165, 1.54) is 12.1 Å². The van der Waals surface area contributed by atoms with Crippen LogP contribution in [-0.2, 0) is 6.54 Å². The van der Waals surface area contributed by atoms with E-state index in [-0.39, 0.29) is 11.4 Å². The molecular weight excluding hydrogens is 377 g/mol. The van der Waals surface area contributed by atoms with Gasteiger partial charge in [-0.15, -0.1) is 0 Å². The summed E-state index contributed by atoms with van der Waals surface area (Å²) in [6.07, 6.45) is -3.61. The molecule has 1 aromatic carbocycles. The lowest BCUT2D eigenvalue weighted by molar-refractivity contribution is -0.141. The minimum Gasteiger partial charge on any atom is -0.316 e. The van der Waals surface area contributed by atoms with Crippen LogP contribution in [0.1, 0.15) is 16.1 Å². The van der Waals surface area contributed by atoms with Crippen LogP contribution >= 0.6 is 0 Å². The van der Waals surface area contributed by atoms with E-state index in [1.807, 2.05) is 6.92 Å². The fourth-order valence-corrected chi connectivity index (χ4v) is 2.54. The average Bonchev–Trinajstić information content (AvgIpc) is 3.00. The second kappa shape index (κ2) is 7.22. The van der Waals surface area contributed by atoms with Gasteiger partial charge >= 0.3 is 6.18 Å². The van der Waals surface area contributed by atoms with E-state index in [2.05, 4.69) is 10.4 Å². The highest BCUT2D eigenvalue weighted by atomic mass is 19.4. The number of carbonyl (C=O) groups is 1. The number of H-pyrrole nitrogens is 1. The zero-order chi connectivity index (χ0) is 20.5. The molecule has 146 valence electrons. The molecule has 1 amide bonds. The number of carbonyl (C=O) groups excluding carboxylic acids is 1. The fourth-order valence-electron chi connectivity index (χ4n) is 2.54. The van der Waals surface area contributed by atoms with Gasteiger partial charge in [0.05, 0.1) is 5.69 Å². The molecule has 0 aliphatic heterocycles. The smallest absolute Gasteiger partial charge is 0.316 e. The third kappa shape index (κ3) is 4.22. The number of aryl methyl sites for hydroxylation is 1. The minimum absolute atomic E-state index is 0.142. The van der Waals surface area contributed by atoms with Gasteiger partial charge in [-0.25, -0.2) is 4.68 Å². The van der Waals surface area contributed by atoms with Gasteiger partial charge < -0.3 is 9.88 Å². The summed E-state index contributed by atoms with van der Waals surface area (Å²) in [4.78, 5) is 36.6. The molecule has 2 heterocycles. The van der Waals surface area contributed by atoms with Crippen LogP contribution in [0.25, 0.3) is 5.69 Å². The number of alkyl halides is 3. The molecule has 28 heavy (non-hydrogen) atoms. The van der Waals surface area contributed by atoms with Gasteiger partial charge in [-0.3, -0.25) is 19.5 Å². The lowest BCUT2D eigenvalue weighted by Gasteiger charge is -2.11. The van der Waals surface area contributed by atoms with E-state index in [4.69, 9.17) is 0 Å². The summed E-state index contributed by atoms with van der Waals surface area (Å²) in [5, 5.41) is 4.84. The SMILES string of the molecule is Cc1ccc(-n2[nH]c(C(=O)Nc3cccn(CC(F)(F)F)c3=O)cc2=O)cc1. The summed E-state index contributed by atoms with van der Waals surface area (Å²) in [5.41, 5.74) is -0.496. The van der Waals surface area contributed by atoms with E-state index in [9.17, 15) is 27.6 Å². The van der Waals surface area contributed by atoms with Crippen molar-refractivity contribution < 1.29 is 18.0 Å². The van der Waals surface area contributed by atoms with Crippen LogP contribution in [0.2, 0.25) is 0 Å². The van der Waals surface area contributed by atoms with Crippen molar-refractivity contribution in [3.05, 3.63) is 80.6 Å². The summed E-state index contributed by atoms with van der Waals surface area (Å²) in [5.74, 6) is -0.829. The number of amides is 1. The number of rotatable bonds is 4. The fraction of sp³-hybridized carbons (Fsp3) is 0.167. The largest absolute Gasteiger partial charge is 0.406 e. The molecule has 0 fully saturated rings. The number of aromatic amines is 1. The molecule has 0 atom stereocenters. The first kappa shape index (κ1) is 19.2. The molecule has 3 aromatic rings. The van der Waals surface area contributed by atoms with Gasteiger partial charge in [0.1, 0.15) is 17.9 Å². The molecule has 10 heteroatoms. The van der Waals surface area contributed by atoms with Crippen LogP contribution in [-0.4, -0.2) is 26.4 Å². The summed E-state index contributed by atoms with van der Waals surface area (Å²) >= 11 is 0. The molecule has 0 saturated heterocycles. The van der Waals surface area contributed by atoms with Gasteiger partial charge in [-0.2, -0.15) is 13.2 Å². The van der Waals surface area contributed by atoms with Gasteiger partial charge in [-0.1, -0.05) is 17.7 Å². The Hall–Kier alpha value is -3.56. The third-order valence-electron chi connectivity index (χ3n) is 3.88. The Labute approximate surface area is 156 Å². The Kier molecular flexibility index (Phi) is 4.95. The number of pyridine rings is 1. The quantitative estimate of drug-likeness (QED) is 0.715. The summed E-state index contributed by atoms with van der Waals surface area (Å²) < 4.78 is 39.2. The maximum absolute atomic E-state index is 12.5. The molecule has 0 bridgehead atoms. The monoisotopic (exact) mass is 392 g/mol. The lowest BCUT2D eigenvalue weighted by atomic mass is 10.2. The topological polar surface area (TPSA) is 88.9 Å². The summed E-state index contributed by atoms with van der Waals surface area (Å²) in [6, 6.07) is 10.4. The average molecular weight is 392 g/mol. The van der Waals surface area contributed by atoms with Gasteiger partial charge in [0.15, 0.2) is 0 Å². The van der Waals surface area contributed by atoms with Crippen LogP contribution in [0, 0.1) is 6.92 Å². The first-order valence-electron chi connectivity index (χ1n) is 8.11. The van der Waals surface area contributed by atoms with Crippen molar-refractivity contribution in [3.63, 3.8) is 0 Å². The predicted octanol–water partition coefficient (Wildman–Crippen LogP) is 2.45. The standard InChI is InChI=1S/C18H15F3N4O3/c1-11-4-6-12(7-5-11)25-15(26)9-14(23-25)16(27)22-13-3-2-8-24(17(13)28)10-18(19,20)21/h2-9,23H,10H2,1H3,(H,22,27). The Morgan fingerprint density at radius 3 is 2.46 bits per heavy atom. The predicted molar refractivity (Wildman–Crippen MR) is 95.8 cm³/mol. The number of hydrogen-bond donors (Lipinski definition) is 2. The van der Waals surface area contributed by atoms with Crippen molar-refractivity contribution in [1.82, 2.24) is 14.3 Å². The number of nitrogens with zero attached hydrogens (tertiary/aromatic N) is 2. The van der Waals surface area contributed by atoms with E-state index >= 15 is 0 Å². The number of halogens is 3. The molecule has 0 spiro atoms. The van der Waals surface area contributed by atoms with Crippen molar-refractivity contribution in [3.8, 4) is 5.69 Å². The molecule has 0 radical (unpaired) electrons. The second-order valence-electron chi connectivity index (χ2n) is 6.10. The lowest BCUT2D eigenvalue weighted by Crippen LogP contribution is -2.30. The molecule has 2 N–H and O–H groups in total. The molecule has 0 saturated carbocycles. The highest BCUT2D eigenvalue weighted by Gasteiger charge is 2.28. The van der Waals surface area contributed by atoms with Crippen LogP contribution in [0.4, 0.5) is 18.9 Å². The Morgan fingerprint density at radius 1 is 1.14 bits per heavy atom. The summed E-state index contributed by atoms with van der Waals surface area (Å²) in [7, 11) is 0. The number of aromatic nitrogens is 3. The summed E-state index contributed by atoms with van der Waals surface area (Å²) in [6.45, 7) is 0.405. The van der Waals surface area contributed by atoms with Gasteiger partial charge in [0.2, 0.25) is 0 Å². The van der Waals surface area contributed by atoms with Crippen LogP contribution < -0.4 is 16.4 Å². The van der Waals surface area contributed by atoms with Gasteiger partial charge in [0.25, 0.3) is 17.0 Å². The number of benzene rings is 1. The Morgan fingerprint density at radius 2 is 1.82 bits per heavy atom. The van der Waals surface area contributed by atoms with E-state index < -0.39 is 29.7 Å². The molecular formula is C18H15F3N4O3. The molecule has 2 aromatic heterocycles. The second-order valence-corrected chi connectivity index (χ2v) is 6.10. The van der Waals surface area contributed by atoms with Crippen molar-refractivity contribution in [2.75, 3.05) is 5.32 Å². The minimum atomic E-state index is -4.58. The molecule has 7 nitrogen and oxygen atoms in total. The highest BCUT2D eigenvalue weighted by Crippen LogP contribution is 2.16. The number of anilines is 1. The maximum atomic E-state index is 12.5. The van der Waals surface area contributed by atoms with E-state index in [0.717, 1.165) is 22.5 Å². The zero-order valence-corrected chi connectivity index (χ0v) is 14.6. The van der Waals surface area contributed by atoms with E-state index in [1.54, 1.807) is 24.3 Å². The Balaban J connectivity index is 1.86. The number of nitrogens with one attached hydrogen (secondary N) is 2. The van der Waals surface area contributed by atoms with Gasteiger partial charge in [0, 0.05) is 12.3 Å². The Bertz CT molecular complexity index is 1120. The van der Waals surface area contributed by atoms with Crippen LogP contribution in [0.15, 0.2) is 58.3 Å². The molecule has 0 aliphatic carbocycles. The van der Waals surface area contributed by atoms with Crippen LogP contribution in [0.5, 0.6) is 0 Å². The molecule has 0 aliphatic rings.